The molecule has 0 atom stereocenters. The van der Waals surface area contributed by atoms with Crippen molar-refractivity contribution in [2.45, 2.75) is 6.42 Å². The van der Waals surface area contributed by atoms with E-state index in [1.54, 1.807) is 24.4 Å². The third kappa shape index (κ3) is 3.60. The van der Waals surface area contributed by atoms with Crippen LogP contribution in [-0.2, 0) is 11.2 Å². The first-order valence-electron chi connectivity index (χ1n) is 8.87. The van der Waals surface area contributed by atoms with Crippen molar-refractivity contribution in [1.82, 2.24) is 9.97 Å². The zero-order valence-electron chi connectivity index (χ0n) is 15.9. The first-order chi connectivity index (χ1) is 14.1. The molecule has 0 radical (unpaired) electrons. The maximum Gasteiger partial charge on any atom is 0.258 e. The largest absolute Gasteiger partial charge is 0.493 e. The monoisotopic (exact) mass is 390 g/mol. The normalized spacial score (nSPS) is 12.1. The Bertz CT molecular complexity index is 1110. The molecule has 0 saturated carbocycles. The molecule has 0 aliphatic carbocycles. The fourth-order valence-corrected chi connectivity index (χ4v) is 3.15. The lowest BCUT2D eigenvalue weighted by Crippen LogP contribution is -2.15. The van der Waals surface area contributed by atoms with Crippen molar-refractivity contribution in [3.8, 4) is 22.8 Å². The van der Waals surface area contributed by atoms with E-state index >= 15 is 0 Å². The zero-order chi connectivity index (χ0) is 20.4. The van der Waals surface area contributed by atoms with Gasteiger partial charge in [0, 0.05) is 22.9 Å². The van der Waals surface area contributed by atoms with Crippen molar-refractivity contribution in [3.63, 3.8) is 0 Å². The second kappa shape index (κ2) is 7.59. The molecule has 2 amide bonds. The van der Waals surface area contributed by atoms with Crippen LogP contribution in [0.25, 0.3) is 11.3 Å². The van der Waals surface area contributed by atoms with Gasteiger partial charge in [-0.3, -0.25) is 14.9 Å². The van der Waals surface area contributed by atoms with Gasteiger partial charge in [-0.1, -0.05) is 18.2 Å². The van der Waals surface area contributed by atoms with Gasteiger partial charge in [-0.05, 0) is 24.3 Å². The van der Waals surface area contributed by atoms with Crippen molar-refractivity contribution < 1.29 is 19.1 Å². The summed E-state index contributed by atoms with van der Waals surface area (Å²) in [6.07, 6.45) is 1.72. The topological polar surface area (TPSA) is 102 Å². The molecule has 2 aromatic carbocycles. The van der Waals surface area contributed by atoms with Crippen LogP contribution >= 0.6 is 0 Å². The van der Waals surface area contributed by atoms with Crippen molar-refractivity contribution >= 4 is 23.5 Å². The summed E-state index contributed by atoms with van der Waals surface area (Å²) in [5, 5.41) is 5.56. The number of nitrogens with zero attached hydrogens (tertiary/aromatic N) is 2. The van der Waals surface area contributed by atoms with Gasteiger partial charge in [0.05, 0.1) is 32.0 Å². The number of carbonyl (C=O) groups excluding carboxylic acids is 2. The SMILES string of the molecule is COc1ccc(C(=O)Nc2ncc3c(n2)-c2ccccc2NC(=O)C3)cc1OC. The van der Waals surface area contributed by atoms with Gasteiger partial charge in [0.25, 0.3) is 5.91 Å². The molecule has 2 N–H and O–H groups in total. The molecule has 1 aliphatic heterocycles. The van der Waals surface area contributed by atoms with Crippen molar-refractivity contribution in [3.05, 3.63) is 59.8 Å². The highest BCUT2D eigenvalue weighted by Gasteiger charge is 2.21. The molecular formula is C21H18N4O4. The summed E-state index contributed by atoms with van der Waals surface area (Å²) in [7, 11) is 3.03. The van der Waals surface area contributed by atoms with Gasteiger partial charge in [-0.2, -0.15) is 0 Å². The lowest BCUT2D eigenvalue weighted by atomic mass is 10.1. The lowest BCUT2D eigenvalue weighted by molar-refractivity contribution is -0.115. The van der Waals surface area contributed by atoms with E-state index in [0.29, 0.717) is 34.0 Å². The number of hydrogen-bond acceptors (Lipinski definition) is 6. The average molecular weight is 390 g/mol. The molecule has 1 aromatic heterocycles. The summed E-state index contributed by atoms with van der Waals surface area (Å²) >= 11 is 0. The van der Waals surface area contributed by atoms with E-state index in [-0.39, 0.29) is 24.2 Å². The Morgan fingerprint density at radius 1 is 1.10 bits per heavy atom. The number of para-hydroxylation sites is 1. The van der Waals surface area contributed by atoms with Gasteiger partial charge in [-0.15, -0.1) is 0 Å². The Hall–Kier alpha value is -3.94. The van der Waals surface area contributed by atoms with E-state index in [9.17, 15) is 9.59 Å². The van der Waals surface area contributed by atoms with Gasteiger partial charge in [0.15, 0.2) is 11.5 Å². The number of ether oxygens (including phenoxy) is 2. The highest BCUT2D eigenvalue weighted by atomic mass is 16.5. The Morgan fingerprint density at radius 2 is 1.90 bits per heavy atom. The molecule has 0 unspecified atom stereocenters. The second-order valence-corrected chi connectivity index (χ2v) is 6.36. The van der Waals surface area contributed by atoms with Crippen LogP contribution in [0.3, 0.4) is 0 Å². The number of amides is 2. The summed E-state index contributed by atoms with van der Waals surface area (Å²) in [5.41, 5.74) is 3.12. The smallest absolute Gasteiger partial charge is 0.258 e. The molecule has 8 heteroatoms. The minimum absolute atomic E-state index is 0.137. The van der Waals surface area contributed by atoms with Crippen LogP contribution in [0.5, 0.6) is 11.5 Å². The quantitative estimate of drug-likeness (QED) is 0.710. The van der Waals surface area contributed by atoms with Gasteiger partial charge in [0.2, 0.25) is 11.9 Å². The van der Waals surface area contributed by atoms with E-state index in [2.05, 4.69) is 20.6 Å². The Labute approximate surface area is 166 Å². The van der Waals surface area contributed by atoms with Crippen molar-refractivity contribution in [2.24, 2.45) is 0 Å². The Kier molecular flexibility index (Phi) is 4.82. The summed E-state index contributed by atoms with van der Waals surface area (Å²) in [6, 6.07) is 12.2. The number of rotatable bonds is 4. The van der Waals surface area contributed by atoms with Crippen LogP contribution in [0, 0.1) is 0 Å². The van der Waals surface area contributed by atoms with Gasteiger partial charge in [0.1, 0.15) is 0 Å². The summed E-state index contributed by atoms with van der Waals surface area (Å²) in [5.74, 6) is 0.595. The third-order valence-electron chi connectivity index (χ3n) is 4.54. The van der Waals surface area contributed by atoms with Crippen LogP contribution in [0.1, 0.15) is 15.9 Å². The standard InChI is InChI=1S/C21H18N4O4/c1-28-16-8-7-12(9-17(16)29-2)20(27)25-21-22-11-13-10-18(26)23-15-6-4-3-5-14(15)19(13)24-21/h3-9,11H,10H2,1-2H3,(H,23,26)(H,22,24,25,27). The molecule has 1 aliphatic rings. The van der Waals surface area contributed by atoms with Crippen LogP contribution in [0.15, 0.2) is 48.7 Å². The molecule has 29 heavy (non-hydrogen) atoms. The minimum Gasteiger partial charge on any atom is -0.493 e. The van der Waals surface area contributed by atoms with E-state index in [1.807, 2.05) is 24.3 Å². The number of hydrogen-bond donors (Lipinski definition) is 2. The lowest BCUT2D eigenvalue weighted by Gasteiger charge is -2.11. The van der Waals surface area contributed by atoms with Gasteiger partial charge >= 0.3 is 0 Å². The molecule has 146 valence electrons. The average Bonchev–Trinajstić information content (AvgIpc) is 2.88. The van der Waals surface area contributed by atoms with Gasteiger partial charge < -0.3 is 14.8 Å². The number of anilines is 2. The molecule has 0 fully saturated rings. The second-order valence-electron chi connectivity index (χ2n) is 6.36. The highest BCUT2D eigenvalue weighted by Crippen LogP contribution is 2.32. The predicted octanol–water partition coefficient (Wildman–Crippen LogP) is 2.91. The number of nitrogens with one attached hydrogen (secondary N) is 2. The summed E-state index contributed by atoms with van der Waals surface area (Å²) < 4.78 is 10.4. The molecule has 2 heterocycles. The van der Waals surface area contributed by atoms with E-state index in [1.165, 1.54) is 14.2 Å². The van der Waals surface area contributed by atoms with Crippen molar-refractivity contribution in [2.75, 3.05) is 24.9 Å². The zero-order valence-corrected chi connectivity index (χ0v) is 15.9. The van der Waals surface area contributed by atoms with Crippen molar-refractivity contribution in [1.29, 1.82) is 0 Å². The molecule has 8 nitrogen and oxygen atoms in total. The molecule has 0 spiro atoms. The predicted molar refractivity (Wildman–Crippen MR) is 107 cm³/mol. The summed E-state index contributed by atoms with van der Waals surface area (Å²) in [6.45, 7) is 0. The van der Waals surface area contributed by atoms with E-state index in [4.69, 9.17) is 9.47 Å². The number of benzene rings is 2. The van der Waals surface area contributed by atoms with Crippen LogP contribution in [0.2, 0.25) is 0 Å². The first kappa shape index (κ1) is 18.4. The first-order valence-corrected chi connectivity index (χ1v) is 8.87. The molecule has 0 bridgehead atoms. The minimum atomic E-state index is -0.387. The maximum absolute atomic E-state index is 12.7. The van der Waals surface area contributed by atoms with Gasteiger partial charge in [-0.25, -0.2) is 9.97 Å². The molecule has 3 aromatic rings. The van der Waals surface area contributed by atoms with E-state index in [0.717, 1.165) is 5.56 Å². The number of methoxy groups -OCH3 is 2. The maximum atomic E-state index is 12.7. The third-order valence-corrected chi connectivity index (χ3v) is 4.54. The van der Waals surface area contributed by atoms with Crippen LogP contribution in [-0.4, -0.2) is 36.0 Å². The molecular weight excluding hydrogens is 372 g/mol. The Morgan fingerprint density at radius 3 is 2.69 bits per heavy atom. The molecule has 4 rings (SSSR count). The van der Waals surface area contributed by atoms with Crippen LogP contribution in [0.4, 0.5) is 11.6 Å². The molecule has 0 saturated heterocycles. The fourth-order valence-electron chi connectivity index (χ4n) is 3.15. The number of carbonyl (C=O) groups is 2. The Balaban J connectivity index is 1.66. The number of aromatic nitrogens is 2. The van der Waals surface area contributed by atoms with Crippen LogP contribution < -0.4 is 20.1 Å². The van der Waals surface area contributed by atoms with E-state index < -0.39 is 0 Å². The summed E-state index contributed by atoms with van der Waals surface area (Å²) in [4.78, 5) is 33.5. The number of fused-ring (bicyclic) bond motifs is 3. The highest BCUT2D eigenvalue weighted by molar-refractivity contribution is 6.04. The fraction of sp³-hybridized carbons (Fsp3) is 0.143.